The van der Waals surface area contributed by atoms with Gasteiger partial charge in [-0.25, -0.2) is 4.79 Å². The first-order valence-corrected chi connectivity index (χ1v) is 9.68. The summed E-state index contributed by atoms with van der Waals surface area (Å²) in [6.45, 7) is 2.18. The van der Waals surface area contributed by atoms with Crippen molar-refractivity contribution in [3.8, 4) is 0 Å². The van der Waals surface area contributed by atoms with Crippen LogP contribution in [0.1, 0.15) is 77.6 Å². The first-order valence-electron chi connectivity index (χ1n) is 9.68. The Morgan fingerprint density at radius 1 is 1.12 bits per heavy atom. The number of hydrogen-bond donors (Lipinski definition) is 1. The van der Waals surface area contributed by atoms with Crippen molar-refractivity contribution in [1.82, 2.24) is 0 Å². The molecule has 0 aromatic rings. The summed E-state index contributed by atoms with van der Waals surface area (Å²) in [5, 5.41) is 8.52. The van der Waals surface area contributed by atoms with Crippen LogP contribution in [0.3, 0.4) is 0 Å². The summed E-state index contributed by atoms with van der Waals surface area (Å²) in [4.78, 5) is 21.5. The second kappa shape index (κ2) is 13.0. The number of unbranched alkanes of at least 4 members (excludes halogenated alkanes) is 1. The molecule has 1 unspecified atom stereocenters. The lowest BCUT2D eigenvalue weighted by Gasteiger charge is -2.19. The highest BCUT2D eigenvalue weighted by Crippen LogP contribution is 2.38. The number of aldehydes is 1. The maximum absolute atomic E-state index is 11.1. The van der Waals surface area contributed by atoms with Gasteiger partial charge < -0.3 is 9.90 Å². The molecule has 0 spiro atoms. The summed E-state index contributed by atoms with van der Waals surface area (Å²) < 4.78 is 0. The van der Waals surface area contributed by atoms with Gasteiger partial charge in [0.25, 0.3) is 0 Å². The minimum absolute atomic E-state index is 0.272. The third-order valence-corrected chi connectivity index (χ3v) is 5.28. The Bertz CT molecular complexity index is 411. The molecule has 0 saturated heterocycles. The topological polar surface area (TPSA) is 54.4 Å². The van der Waals surface area contributed by atoms with E-state index < -0.39 is 5.97 Å². The predicted octanol–water partition coefficient (Wildman–Crippen LogP) is 5.56. The van der Waals surface area contributed by atoms with Gasteiger partial charge in [0.1, 0.15) is 6.29 Å². The molecular formula is C21H34O3. The van der Waals surface area contributed by atoms with E-state index in [1.165, 1.54) is 44.9 Å². The highest BCUT2D eigenvalue weighted by molar-refractivity contribution is 5.80. The second-order valence-corrected chi connectivity index (χ2v) is 7.12. The molecule has 0 aromatic carbocycles. The fourth-order valence-electron chi connectivity index (χ4n) is 3.89. The molecule has 0 aliphatic heterocycles. The molecule has 24 heavy (non-hydrogen) atoms. The van der Waals surface area contributed by atoms with Crippen molar-refractivity contribution in [3.05, 3.63) is 24.3 Å². The van der Waals surface area contributed by atoms with E-state index in [1.54, 1.807) is 6.08 Å². The first-order chi connectivity index (χ1) is 11.7. The second-order valence-electron chi connectivity index (χ2n) is 7.12. The third kappa shape index (κ3) is 9.05. The van der Waals surface area contributed by atoms with Gasteiger partial charge in [-0.15, -0.1) is 0 Å². The SMILES string of the molecule is CCCCC(C=O)CCC[C@H]1CCC[C@@H]1CCC=CC=CC(=O)O. The molecule has 1 aliphatic carbocycles. The summed E-state index contributed by atoms with van der Waals surface area (Å²) >= 11 is 0. The third-order valence-electron chi connectivity index (χ3n) is 5.28. The van der Waals surface area contributed by atoms with Crippen molar-refractivity contribution in [2.75, 3.05) is 0 Å². The minimum Gasteiger partial charge on any atom is -0.478 e. The van der Waals surface area contributed by atoms with E-state index in [4.69, 9.17) is 5.11 Å². The lowest BCUT2D eigenvalue weighted by molar-refractivity contribution is -0.131. The average molecular weight is 334 g/mol. The van der Waals surface area contributed by atoms with Crippen LogP contribution >= 0.6 is 0 Å². The molecule has 1 fully saturated rings. The number of rotatable bonds is 13. The molecule has 136 valence electrons. The highest BCUT2D eigenvalue weighted by atomic mass is 16.4. The fraction of sp³-hybridized carbons (Fsp3) is 0.714. The number of carboxylic acids is 1. The number of carboxylic acid groups (broad SMARTS) is 1. The van der Waals surface area contributed by atoms with Crippen LogP contribution in [0, 0.1) is 17.8 Å². The molecule has 3 heteroatoms. The smallest absolute Gasteiger partial charge is 0.328 e. The van der Waals surface area contributed by atoms with Gasteiger partial charge in [-0.3, -0.25) is 0 Å². The molecule has 0 amide bonds. The van der Waals surface area contributed by atoms with Crippen LogP contribution in [-0.2, 0) is 9.59 Å². The molecule has 1 aliphatic rings. The molecular weight excluding hydrogens is 300 g/mol. The summed E-state index contributed by atoms with van der Waals surface area (Å²) in [7, 11) is 0. The van der Waals surface area contributed by atoms with Crippen LogP contribution < -0.4 is 0 Å². The van der Waals surface area contributed by atoms with Gasteiger partial charge >= 0.3 is 5.97 Å². The number of allylic oxidation sites excluding steroid dienone is 3. The Labute approximate surface area is 147 Å². The van der Waals surface area contributed by atoms with Gasteiger partial charge in [0.05, 0.1) is 0 Å². The van der Waals surface area contributed by atoms with E-state index >= 15 is 0 Å². The van der Waals surface area contributed by atoms with E-state index in [-0.39, 0.29) is 5.92 Å². The standard InChI is InChI=1S/C21H34O3/c1-2-3-10-18(17-22)11-8-13-20-15-9-14-19(20)12-6-4-5-7-16-21(23)24/h4-5,7,16-20H,2-3,6,8-15H2,1H3,(H,23,24)/t18?,19-,20-/m0/s1. The molecule has 0 aromatic heterocycles. The normalized spacial score (nSPS) is 22.4. The number of carbonyl (C=O) groups is 2. The van der Waals surface area contributed by atoms with E-state index in [0.29, 0.717) is 0 Å². The molecule has 1 saturated carbocycles. The van der Waals surface area contributed by atoms with Crippen molar-refractivity contribution >= 4 is 12.3 Å². The number of hydrogen-bond acceptors (Lipinski definition) is 2. The van der Waals surface area contributed by atoms with Gasteiger partial charge in [-0.2, -0.15) is 0 Å². The average Bonchev–Trinajstić information content (AvgIpc) is 3.01. The summed E-state index contributed by atoms with van der Waals surface area (Å²) in [6.07, 6.45) is 21.0. The van der Waals surface area contributed by atoms with Crippen LogP contribution in [-0.4, -0.2) is 17.4 Å². The van der Waals surface area contributed by atoms with Crippen LogP contribution in [0.5, 0.6) is 0 Å². The predicted molar refractivity (Wildman–Crippen MR) is 98.9 cm³/mol. The van der Waals surface area contributed by atoms with Gasteiger partial charge in [-0.1, -0.05) is 70.1 Å². The number of aliphatic carboxylic acids is 1. The largest absolute Gasteiger partial charge is 0.478 e. The van der Waals surface area contributed by atoms with Gasteiger partial charge in [0.2, 0.25) is 0 Å². The summed E-state index contributed by atoms with van der Waals surface area (Å²) in [5.41, 5.74) is 0. The Morgan fingerprint density at radius 3 is 2.50 bits per heavy atom. The fourth-order valence-corrected chi connectivity index (χ4v) is 3.89. The Morgan fingerprint density at radius 2 is 1.83 bits per heavy atom. The Balaban J connectivity index is 2.22. The van der Waals surface area contributed by atoms with Crippen LogP contribution in [0.2, 0.25) is 0 Å². The molecule has 0 radical (unpaired) electrons. The van der Waals surface area contributed by atoms with E-state index in [9.17, 15) is 9.59 Å². The first kappa shape index (κ1) is 20.7. The zero-order valence-electron chi connectivity index (χ0n) is 15.2. The quantitative estimate of drug-likeness (QED) is 0.273. The highest BCUT2D eigenvalue weighted by Gasteiger charge is 2.26. The van der Waals surface area contributed by atoms with Crippen LogP contribution in [0.4, 0.5) is 0 Å². The van der Waals surface area contributed by atoms with Crippen LogP contribution in [0.15, 0.2) is 24.3 Å². The van der Waals surface area contributed by atoms with Gasteiger partial charge in [0.15, 0.2) is 0 Å². The minimum atomic E-state index is -0.900. The summed E-state index contributed by atoms with van der Waals surface area (Å²) in [5.74, 6) is 1.01. The van der Waals surface area contributed by atoms with Crippen molar-refractivity contribution < 1.29 is 14.7 Å². The maximum Gasteiger partial charge on any atom is 0.328 e. The summed E-state index contributed by atoms with van der Waals surface area (Å²) in [6, 6.07) is 0. The molecule has 1 rings (SSSR count). The van der Waals surface area contributed by atoms with Crippen molar-refractivity contribution in [1.29, 1.82) is 0 Å². The Hall–Kier alpha value is -1.38. The van der Waals surface area contributed by atoms with Crippen molar-refractivity contribution in [2.24, 2.45) is 17.8 Å². The number of carbonyl (C=O) groups excluding carboxylic acids is 1. The van der Waals surface area contributed by atoms with Crippen LogP contribution in [0.25, 0.3) is 0 Å². The molecule has 3 atom stereocenters. The zero-order chi connectivity index (χ0) is 17.6. The Kier molecular flexibility index (Phi) is 11.2. The molecule has 3 nitrogen and oxygen atoms in total. The van der Waals surface area contributed by atoms with Gasteiger partial charge in [0, 0.05) is 12.0 Å². The molecule has 0 heterocycles. The molecule has 0 bridgehead atoms. The van der Waals surface area contributed by atoms with Crippen molar-refractivity contribution in [3.63, 3.8) is 0 Å². The zero-order valence-corrected chi connectivity index (χ0v) is 15.2. The van der Waals surface area contributed by atoms with E-state index in [2.05, 4.69) is 13.0 Å². The monoisotopic (exact) mass is 334 g/mol. The van der Waals surface area contributed by atoms with Crippen molar-refractivity contribution in [2.45, 2.75) is 77.6 Å². The van der Waals surface area contributed by atoms with E-state index in [1.807, 2.05) is 6.08 Å². The van der Waals surface area contributed by atoms with E-state index in [0.717, 1.165) is 49.9 Å². The lowest BCUT2D eigenvalue weighted by atomic mass is 9.86. The molecule has 1 N–H and O–H groups in total. The van der Waals surface area contributed by atoms with Gasteiger partial charge in [-0.05, 0) is 37.5 Å². The maximum atomic E-state index is 11.1. The lowest BCUT2D eigenvalue weighted by Crippen LogP contribution is -2.09.